The smallest absolute Gasteiger partial charge is 0.221 e. The number of nitrogens with one attached hydrogen (secondary N) is 2. The van der Waals surface area contributed by atoms with Gasteiger partial charge >= 0.3 is 0 Å². The van der Waals surface area contributed by atoms with Crippen molar-refractivity contribution >= 4 is 29.2 Å². The number of aromatic nitrogens is 2. The minimum absolute atomic E-state index is 0.0669. The summed E-state index contributed by atoms with van der Waals surface area (Å²) in [5.41, 5.74) is 4.21. The Balaban J connectivity index is 1.38. The van der Waals surface area contributed by atoms with Gasteiger partial charge < -0.3 is 10.6 Å². The molecule has 27 heavy (non-hydrogen) atoms. The molecule has 2 aliphatic heterocycles. The van der Waals surface area contributed by atoms with E-state index in [1.54, 1.807) is 6.20 Å². The molecule has 0 radical (unpaired) electrons. The Morgan fingerprint density at radius 1 is 1.33 bits per heavy atom. The van der Waals surface area contributed by atoms with Crippen molar-refractivity contribution in [2.45, 2.75) is 38.8 Å². The van der Waals surface area contributed by atoms with E-state index in [0.29, 0.717) is 12.1 Å². The molecule has 2 aromatic rings. The quantitative estimate of drug-likeness (QED) is 0.870. The monoisotopic (exact) mass is 366 g/mol. The lowest BCUT2D eigenvalue weighted by Crippen LogP contribution is -2.36. The molecule has 1 atom stereocenters. The van der Waals surface area contributed by atoms with Crippen LogP contribution in [0.3, 0.4) is 0 Å². The van der Waals surface area contributed by atoms with Crippen LogP contribution in [0.4, 0.5) is 17.1 Å². The summed E-state index contributed by atoms with van der Waals surface area (Å²) in [4.78, 5) is 18.2. The SMILES string of the molecule is CC(=O)Nc1cnn(C2CCN(C(C)c3ccc4c(c3)N=CCN4)CC2)c1. The number of hydrogen-bond acceptors (Lipinski definition) is 5. The van der Waals surface area contributed by atoms with Crippen LogP contribution >= 0.6 is 0 Å². The summed E-state index contributed by atoms with van der Waals surface area (Å²) in [7, 11) is 0. The Morgan fingerprint density at radius 2 is 2.15 bits per heavy atom. The van der Waals surface area contributed by atoms with E-state index in [1.807, 2.05) is 17.1 Å². The molecule has 7 nitrogen and oxygen atoms in total. The second kappa shape index (κ2) is 7.52. The van der Waals surface area contributed by atoms with Crippen LogP contribution < -0.4 is 10.6 Å². The summed E-state index contributed by atoms with van der Waals surface area (Å²) < 4.78 is 1.99. The number of fused-ring (bicyclic) bond motifs is 1. The molecule has 1 aromatic carbocycles. The van der Waals surface area contributed by atoms with E-state index in [4.69, 9.17) is 0 Å². The lowest BCUT2D eigenvalue weighted by molar-refractivity contribution is -0.114. The highest BCUT2D eigenvalue weighted by Crippen LogP contribution is 2.34. The van der Waals surface area contributed by atoms with E-state index in [1.165, 1.54) is 12.5 Å². The minimum Gasteiger partial charge on any atom is -0.378 e. The number of hydrogen-bond donors (Lipinski definition) is 2. The third kappa shape index (κ3) is 3.88. The zero-order valence-electron chi connectivity index (χ0n) is 15.9. The van der Waals surface area contributed by atoms with E-state index in [9.17, 15) is 4.79 Å². The zero-order chi connectivity index (χ0) is 18.8. The maximum Gasteiger partial charge on any atom is 0.221 e. The molecule has 4 rings (SSSR count). The second-order valence-electron chi connectivity index (χ2n) is 7.30. The maximum absolute atomic E-state index is 11.2. The van der Waals surface area contributed by atoms with E-state index >= 15 is 0 Å². The minimum atomic E-state index is -0.0669. The standard InChI is InChI=1S/C20H26N6O/c1-14(16-3-4-19-20(11-16)22-8-7-21-19)25-9-5-18(6-10-25)26-13-17(12-23-26)24-15(2)27/h3-4,8,11-14,18,21H,5-7,9-10H2,1-2H3,(H,24,27). The van der Waals surface area contributed by atoms with Crippen molar-refractivity contribution in [1.82, 2.24) is 14.7 Å². The van der Waals surface area contributed by atoms with Gasteiger partial charge in [0.2, 0.25) is 5.91 Å². The number of nitrogens with zero attached hydrogens (tertiary/aromatic N) is 4. The van der Waals surface area contributed by atoms with Gasteiger partial charge in [-0.05, 0) is 37.5 Å². The van der Waals surface area contributed by atoms with Crippen LogP contribution in [0.25, 0.3) is 0 Å². The maximum atomic E-state index is 11.2. The Bertz CT molecular complexity index is 850. The molecule has 7 heteroatoms. The van der Waals surface area contributed by atoms with Crippen molar-refractivity contribution in [1.29, 1.82) is 0 Å². The molecule has 1 saturated heterocycles. The van der Waals surface area contributed by atoms with Gasteiger partial charge in [-0.3, -0.25) is 19.4 Å². The van der Waals surface area contributed by atoms with E-state index in [2.05, 4.69) is 50.7 Å². The van der Waals surface area contributed by atoms with Crippen molar-refractivity contribution in [3.63, 3.8) is 0 Å². The number of piperidine rings is 1. The lowest BCUT2D eigenvalue weighted by Gasteiger charge is -2.36. The Kier molecular flexibility index (Phi) is 4.94. The molecule has 0 bridgehead atoms. The van der Waals surface area contributed by atoms with Crippen LogP contribution in [0.5, 0.6) is 0 Å². The van der Waals surface area contributed by atoms with Gasteiger partial charge in [-0.25, -0.2) is 0 Å². The lowest BCUT2D eigenvalue weighted by atomic mass is 9.99. The number of amides is 1. The molecule has 0 saturated carbocycles. The normalized spacial score (nSPS) is 18.6. The first kappa shape index (κ1) is 17.7. The number of benzene rings is 1. The predicted molar refractivity (Wildman–Crippen MR) is 108 cm³/mol. The summed E-state index contributed by atoms with van der Waals surface area (Å²) in [6.07, 6.45) is 7.67. The van der Waals surface area contributed by atoms with Crippen LogP contribution in [-0.2, 0) is 4.79 Å². The first-order chi connectivity index (χ1) is 13.1. The average Bonchev–Trinajstić information content (AvgIpc) is 3.15. The van der Waals surface area contributed by atoms with Crippen molar-refractivity contribution in [3.8, 4) is 0 Å². The molecule has 1 aromatic heterocycles. The summed E-state index contributed by atoms with van der Waals surface area (Å²) in [6.45, 7) is 6.64. The molecule has 1 unspecified atom stereocenters. The first-order valence-electron chi connectivity index (χ1n) is 9.56. The molecule has 0 aliphatic carbocycles. The Labute approximate surface area is 159 Å². The van der Waals surface area contributed by atoms with Gasteiger partial charge in [0.25, 0.3) is 0 Å². The largest absolute Gasteiger partial charge is 0.378 e. The number of aliphatic imine (C=N–C) groups is 1. The summed E-state index contributed by atoms with van der Waals surface area (Å²) in [5, 5.41) is 10.6. The number of rotatable bonds is 4. The van der Waals surface area contributed by atoms with Gasteiger partial charge in [-0.2, -0.15) is 5.10 Å². The predicted octanol–water partition coefficient (Wildman–Crippen LogP) is 3.37. The van der Waals surface area contributed by atoms with Crippen LogP contribution in [0, 0.1) is 0 Å². The fourth-order valence-corrected chi connectivity index (χ4v) is 3.92. The van der Waals surface area contributed by atoms with Crippen molar-refractivity contribution in [3.05, 3.63) is 36.2 Å². The van der Waals surface area contributed by atoms with Crippen LogP contribution in [0.1, 0.15) is 44.3 Å². The first-order valence-corrected chi connectivity index (χ1v) is 9.56. The van der Waals surface area contributed by atoms with Crippen molar-refractivity contribution in [2.75, 3.05) is 30.3 Å². The highest BCUT2D eigenvalue weighted by atomic mass is 16.1. The number of carbonyl (C=O) groups excluding carboxylic acids is 1. The highest BCUT2D eigenvalue weighted by molar-refractivity contribution is 5.88. The fourth-order valence-electron chi connectivity index (χ4n) is 3.92. The molecule has 1 fully saturated rings. The Morgan fingerprint density at radius 3 is 2.93 bits per heavy atom. The summed E-state index contributed by atoms with van der Waals surface area (Å²) in [6, 6.07) is 7.28. The zero-order valence-corrected chi connectivity index (χ0v) is 15.9. The summed E-state index contributed by atoms with van der Waals surface area (Å²) in [5.74, 6) is -0.0669. The van der Waals surface area contributed by atoms with E-state index < -0.39 is 0 Å². The number of anilines is 2. The van der Waals surface area contributed by atoms with Gasteiger partial charge in [0.1, 0.15) is 0 Å². The number of likely N-dealkylation sites (tertiary alicyclic amines) is 1. The average molecular weight is 366 g/mol. The molecule has 2 N–H and O–H groups in total. The molecule has 3 heterocycles. The van der Waals surface area contributed by atoms with Crippen LogP contribution in [-0.4, -0.2) is 46.4 Å². The van der Waals surface area contributed by atoms with Gasteiger partial charge in [-0.1, -0.05) is 6.07 Å². The van der Waals surface area contributed by atoms with Gasteiger partial charge in [0.15, 0.2) is 0 Å². The fraction of sp³-hybridized carbons (Fsp3) is 0.450. The molecule has 0 spiro atoms. The topological polar surface area (TPSA) is 74.5 Å². The second-order valence-corrected chi connectivity index (χ2v) is 7.30. The van der Waals surface area contributed by atoms with Crippen LogP contribution in [0.2, 0.25) is 0 Å². The van der Waals surface area contributed by atoms with Gasteiger partial charge in [0.05, 0.1) is 35.8 Å². The number of carbonyl (C=O) groups is 1. The van der Waals surface area contributed by atoms with Gasteiger partial charge in [-0.15, -0.1) is 0 Å². The molecular weight excluding hydrogens is 340 g/mol. The molecule has 142 valence electrons. The third-order valence-electron chi connectivity index (χ3n) is 5.46. The molecule has 1 amide bonds. The highest BCUT2D eigenvalue weighted by Gasteiger charge is 2.25. The molecular formula is C20H26N6O. The van der Waals surface area contributed by atoms with Crippen LogP contribution in [0.15, 0.2) is 35.6 Å². The van der Waals surface area contributed by atoms with E-state index in [0.717, 1.165) is 49.5 Å². The third-order valence-corrected chi connectivity index (χ3v) is 5.46. The van der Waals surface area contributed by atoms with E-state index in [-0.39, 0.29) is 5.91 Å². The summed E-state index contributed by atoms with van der Waals surface area (Å²) >= 11 is 0. The van der Waals surface area contributed by atoms with Gasteiger partial charge in [0, 0.05) is 38.5 Å². The van der Waals surface area contributed by atoms with Crippen molar-refractivity contribution < 1.29 is 4.79 Å². The van der Waals surface area contributed by atoms with Crippen molar-refractivity contribution in [2.24, 2.45) is 4.99 Å². The molecule has 2 aliphatic rings. The Hall–Kier alpha value is -2.67.